The van der Waals surface area contributed by atoms with Gasteiger partial charge in [0.25, 0.3) is 0 Å². The molecule has 0 aliphatic heterocycles. The van der Waals surface area contributed by atoms with E-state index in [0.29, 0.717) is 11.6 Å². The average molecular weight is 312 g/mol. The molecule has 4 heteroatoms. The zero-order valence-corrected chi connectivity index (χ0v) is 13.2. The highest BCUT2D eigenvalue weighted by Gasteiger charge is 2.16. The molecule has 0 aliphatic carbocycles. The molecule has 2 N–H and O–H groups in total. The monoisotopic (exact) mass is 311 g/mol. The predicted molar refractivity (Wildman–Crippen MR) is 92.0 cm³/mol. The molecule has 3 rings (SSSR count). The van der Waals surface area contributed by atoms with Crippen LogP contribution < -0.4 is 5.73 Å². The van der Waals surface area contributed by atoms with E-state index < -0.39 is 0 Å². The summed E-state index contributed by atoms with van der Waals surface area (Å²) in [7, 11) is 0. The zero-order valence-electron chi connectivity index (χ0n) is 12.5. The summed E-state index contributed by atoms with van der Waals surface area (Å²) in [6.07, 6.45) is 0.836. The van der Waals surface area contributed by atoms with Gasteiger partial charge in [-0.05, 0) is 24.1 Å². The van der Waals surface area contributed by atoms with Gasteiger partial charge < -0.3 is 5.73 Å². The summed E-state index contributed by atoms with van der Waals surface area (Å²) >= 11 is 6.10. The van der Waals surface area contributed by atoms with Gasteiger partial charge in [-0.15, -0.1) is 0 Å². The molecule has 112 valence electrons. The molecule has 0 bridgehead atoms. The van der Waals surface area contributed by atoms with Crippen LogP contribution in [0.1, 0.15) is 18.1 Å². The summed E-state index contributed by atoms with van der Waals surface area (Å²) in [5.74, 6) is 0.723. The number of anilines is 1. The lowest BCUT2D eigenvalue weighted by molar-refractivity contribution is 0.699. The van der Waals surface area contributed by atoms with Gasteiger partial charge in [0, 0.05) is 16.1 Å². The second-order valence-electron chi connectivity index (χ2n) is 5.22. The minimum atomic E-state index is 0.667. The highest BCUT2D eigenvalue weighted by molar-refractivity contribution is 6.30. The van der Waals surface area contributed by atoms with Crippen molar-refractivity contribution in [3.8, 4) is 11.3 Å². The highest BCUT2D eigenvalue weighted by Crippen LogP contribution is 2.29. The summed E-state index contributed by atoms with van der Waals surface area (Å²) in [6.45, 7) is 2.76. The normalized spacial score (nSPS) is 10.8. The zero-order chi connectivity index (χ0) is 15.5. The molecule has 1 aromatic heterocycles. The Morgan fingerprint density at radius 2 is 1.86 bits per heavy atom. The molecular formula is C18H18ClN3. The number of nitrogens with two attached hydrogens (primary N) is 1. The van der Waals surface area contributed by atoms with E-state index in [2.05, 4.69) is 19.1 Å². The summed E-state index contributed by atoms with van der Waals surface area (Å²) in [5, 5.41) is 5.42. The van der Waals surface area contributed by atoms with Crippen molar-refractivity contribution in [2.24, 2.45) is 0 Å². The first-order valence-corrected chi connectivity index (χ1v) is 7.72. The number of aromatic nitrogens is 2. The van der Waals surface area contributed by atoms with Crippen LogP contribution in [0.5, 0.6) is 0 Å². The lowest BCUT2D eigenvalue weighted by Crippen LogP contribution is -2.06. The Bertz CT molecular complexity index is 778. The molecule has 0 saturated heterocycles. The number of nitrogen functional groups attached to an aromatic ring is 1. The van der Waals surface area contributed by atoms with Crippen LogP contribution in [0.25, 0.3) is 11.3 Å². The van der Waals surface area contributed by atoms with Crippen molar-refractivity contribution >= 4 is 17.4 Å². The van der Waals surface area contributed by atoms with Gasteiger partial charge in [-0.2, -0.15) is 5.10 Å². The first-order chi connectivity index (χ1) is 10.7. The van der Waals surface area contributed by atoms with E-state index in [1.807, 2.05) is 47.1 Å². The smallest absolute Gasteiger partial charge is 0.125 e. The van der Waals surface area contributed by atoms with Crippen molar-refractivity contribution in [3.05, 3.63) is 70.7 Å². The third-order valence-corrected chi connectivity index (χ3v) is 3.96. The fourth-order valence-electron chi connectivity index (χ4n) is 2.61. The topological polar surface area (TPSA) is 43.8 Å². The second-order valence-corrected chi connectivity index (χ2v) is 5.66. The molecule has 0 fully saturated rings. The quantitative estimate of drug-likeness (QED) is 0.776. The molecule has 3 nitrogen and oxygen atoms in total. The van der Waals surface area contributed by atoms with Crippen molar-refractivity contribution < 1.29 is 0 Å². The standard InChI is InChI=1S/C18H18ClN3/c1-2-16-17(14-9-6-10-15(19)11-14)21-22(18(16)20)12-13-7-4-3-5-8-13/h3-11H,2,12,20H2,1H3. The molecule has 0 aliphatic rings. The predicted octanol–water partition coefficient (Wildman–Crippen LogP) is 4.40. The van der Waals surface area contributed by atoms with E-state index in [1.54, 1.807) is 0 Å². The van der Waals surface area contributed by atoms with E-state index >= 15 is 0 Å². The van der Waals surface area contributed by atoms with E-state index in [0.717, 1.165) is 29.1 Å². The maximum absolute atomic E-state index is 6.31. The van der Waals surface area contributed by atoms with Crippen LogP contribution in [0.4, 0.5) is 5.82 Å². The molecule has 0 saturated carbocycles. The molecule has 0 unspecified atom stereocenters. The van der Waals surface area contributed by atoms with Crippen molar-refractivity contribution in [2.75, 3.05) is 5.73 Å². The highest BCUT2D eigenvalue weighted by atomic mass is 35.5. The Kier molecular flexibility index (Phi) is 4.16. The summed E-state index contributed by atoms with van der Waals surface area (Å²) in [4.78, 5) is 0. The first kappa shape index (κ1) is 14.7. The minimum Gasteiger partial charge on any atom is -0.384 e. The van der Waals surface area contributed by atoms with Gasteiger partial charge in [0.15, 0.2) is 0 Å². The van der Waals surface area contributed by atoms with E-state index in [1.165, 1.54) is 5.56 Å². The SMILES string of the molecule is CCc1c(-c2cccc(Cl)c2)nn(Cc2ccccc2)c1N. The molecule has 3 aromatic rings. The molecule has 0 spiro atoms. The van der Waals surface area contributed by atoms with Crippen LogP contribution in [-0.2, 0) is 13.0 Å². The largest absolute Gasteiger partial charge is 0.384 e. The Labute approximate surface area is 135 Å². The van der Waals surface area contributed by atoms with Gasteiger partial charge in [-0.1, -0.05) is 61.0 Å². The van der Waals surface area contributed by atoms with Crippen LogP contribution in [0, 0.1) is 0 Å². The van der Waals surface area contributed by atoms with Crippen LogP contribution >= 0.6 is 11.6 Å². The fraction of sp³-hybridized carbons (Fsp3) is 0.167. The van der Waals surface area contributed by atoms with Crippen molar-refractivity contribution in [3.63, 3.8) is 0 Å². The second kappa shape index (κ2) is 6.24. The summed E-state index contributed by atoms with van der Waals surface area (Å²) in [5.41, 5.74) is 10.5. The number of halogens is 1. The van der Waals surface area contributed by atoms with E-state index in [4.69, 9.17) is 22.4 Å². The van der Waals surface area contributed by atoms with Crippen molar-refractivity contribution in [1.82, 2.24) is 9.78 Å². The molecule has 2 aromatic carbocycles. The van der Waals surface area contributed by atoms with E-state index in [9.17, 15) is 0 Å². The maximum Gasteiger partial charge on any atom is 0.125 e. The Morgan fingerprint density at radius 1 is 1.09 bits per heavy atom. The van der Waals surface area contributed by atoms with Crippen molar-refractivity contribution in [1.29, 1.82) is 0 Å². The Hall–Kier alpha value is -2.26. The lowest BCUT2D eigenvalue weighted by Gasteiger charge is -2.04. The number of rotatable bonds is 4. The van der Waals surface area contributed by atoms with Crippen LogP contribution in [0.3, 0.4) is 0 Å². The van der Waals surface area contributed by atoms with E-state index in [-0.39, 0.29) is 0 Å². The molecule has 0 amide bonds. The van der Waals surface area contributed by atoms with Crippen LogP contribution in [0.2, 0.25) is 5.02 Å². The Balaban J connectivity index is 2.03. The Morgan fingerprint density at radius 3 is 2.55 bits per heavy atom. The molecular weight excluding hydrogens is 294 g/mol. The first-order valence-electron chi connectivity index (χ1n) is 7.34. The number of hydrogen-bond donors (Lipinski definition) is 1. The van der Waals surface area contributed by atoms with Gasteiger partial charge in [-0.3, -0.25) is 0 Å². The fourth-order valence-corrected chi connectivity index (χ4v) is 2.80. The average Bonchev–Trinajstić information content (AvgIpc) is 2.84. The third-order valence-electron chi connectivity index (χ3n) is 3.72. The van der Waals surface area contributed by atoms with Crippen LogP contribution in [-0.4, -0.2) is 9.78 Å². The van der Waals surface area contributed by atoms with Gasteiger partial charge in [-0.25, -0.2) is 4.68 Å². The number of hydrogen-bond acceptors (Lipinski definition) is 2. The maximum atomic E-state index is 6.31. The summed E-state index contributed by atoms with van der Waals surface area (Å²) in [6, 6.07) is 17.9. The number of nitrogens with zero attached hydrogens (tertiary/aromatic N) is 2. The number of benzene rings is 2. The molecule has 0 atom stereocenters. The minimum absolute atomic E-state index is 0.667. The molecule has 0 radical (unpaired) electrons. The summed E-state index contributed by atoms with van der Waals surface area (Å²) < 4.78 is 1.87. The third kappa shape index (κ3) is 2.85. The van der Waals surface area contributed by atoms with Crippen LogP contribution in [0.15, 0.2) is 54.6 Å². The van der Waals surface area contributed by atoms with Gasteiger partial charge in [0.2, 0.25) is 0 Å². The van der Waals surface area contributed by atoms with Gasteiger partial charge in [0.05, 0.1) is 12.2 Å². The van der Waals surface area contributed by atoms with Gasteiger partial charge in [0.1, 0.15) is 5.82 Å². The van der Waals surface area contributed by atoms with Gasteiger partial charge >= 0.3 is 0 Å². The molecule has 1 heterocycles. The molecule has 22 heavy (non-hydrogen) atoms. The lowest BCUT2D eigenvalue weighted by atomic mass is 10.1. The van der Waals surface area contributed by atoms with Crippen molar-refractivity contribution in [2.45, 2.75) is 19.9 Å².